The number of pyridine rings is 1. The molecule has 3 nitrogen and oxygen atoms in total. The van der Waals surface area contributed by atoms with Crippen LogP contribution >= 0.6 is 59.1 Å². The van der Waals surface area contributed by atoms with Gasteiger partial charge in [-0.2, -0.15) is 0 Å². The van der Waals surface area contributed by atoms with Crippen molar-refractivity contribution in [2.75, 3.05) is 0 Å². The van der Waals surface area contributed by atoms with E-state index in [0.29, 0.717) is 10.3 Å². The summed E-state index contributed by atoms with van der Waals surface area (Å²) in [5.74, 6) is 0. The Kier molecular flexibility index (Phi) is 4.12. The fourth-order valence-electron chi connectivity index (χ4n) is 1.17. The maximum absolute atomic E-state index is 10.2. The van der Waals surface area contributed by atoms with Crippen LogP contribution in [-0.4, -0.2) is 15.1 Å². The van der Waals surface area contributed by atoms with E-state index in [1.165, 1.54) is 11.3 Å². The Balaban J connectivity index is 2.41. The minimum atomic E-state index is -0.774. The number of hydrogen-bond donors (Lipinski definition) is 1. The Bertz CT molecular complexity index is 517. The second kappa shape index (κ2) is 5.22. The smallest absolute Gasteiger partial charge is 0.134 e. The molecule has 1 unspecified atom stereocenters. The van der Waals surface area contributed by atoms with Gasteiger partial charge in [-0.05, 0) is 53.9 Å². The molecule has 7 heteroatoms. The van der Waals surface area contributed by atoms with E-state index in [2.05, 4.69) is 57.8 Å². The van der Waals surface area contributed by atoms with Gasteiger partial charge in [-0.25, -0.2) is 4.98 Å². The Hall–Kier alpha value is 0.180. The van der Waals surface area contributed by atoms with Crippen molar-refractivity contribution in [2.24, 2.45) is 0 Å². The van der Waals surface area contributed by atoms with Crippen molar-refractivity contribution >= 4 is 59.1 Å². The number of aliphatic hydroxyl groups is 1. The zero-order valence-electron chi connectivity index (χ0n) is 7.69. The Morgan fingerprint density at radius 3 is 2.56 bits per heavy atom. The summed E-state index contributed by atoms with van der Waals surface area (Å²) in [5.41, 5.74) is 2.25. The third-order valence-electron chi connectivity index (χ3n) is 1.89. The molecule has 0 aromatic carbocycles. The van der Waals surface area contributed by atoms with Crippen molar-refractivity contribution in [1.29, 1.82) is 0 Å². The van der Waals surface area contributed by atoms with Crippen molar-refractivity contribution in [2.45, 2.75) is 6.10 Å². The standard InChI is InChI=1S/C9H5Br3N2OS/c10-4-1-5(11)6(13-2-4)7(15)8-9(12)14-3-16-8/h1-3,7,15H. The van der Waals surface area contributed by atoms with E-state index in [1.807, 2.05) is 6.07 Å². The van der Waals surface area contributed by atoms with Gasteiger partial charge in [0.2, 0.25) is 0 Å². The van der Waals surface area contributed by atoms with Crippen LogP contribution in [0.2, 0.25) is 0 Å². The van der Waals surface area contributed by atoms with E-state index in [0.717, 1.165) is 13.8 Å². The van der Waals surface area contributed by atoms with Gasteiger partial charge in [0, 0.05) is 15.1 Å². The van der Waals surface area contributed by atoms with E-state index in [9.17, 15) is 5.11 Å². The molecule has 0 aliphatic heterocycles. The van der Waals surface area contributed by atoms with Crippen LogP contribution in [-0.2, 0) is 0 Å². The highest BCUT2D eigenvalue weighted by Crippen LogP contribution is 2.34. The minimum absolute atomic E-state index is 0.577. The summed E-state index contributed by atoms with van der Waals surface area (Å²) < 4.78 is 2.27. The van der Waals surface area contributed by atoms with E-state index in [1.54, 1.807) is 11.7 Å². The Labute approximate surface area is 121 Å². The number of hydrogen-bond acceptors (Lipinski definition) is 4. The lowest BCUT2D eigenvalue weighted by Gasteiger charge is -2.10. The van der Waals surface area contributed by atoms with Gasteiger partial charge in [0.15, 0.2) is 0 Å². The van der Waals surface area contributed by atoms with Crippen LogP contribution in [0.4, 0.5) is 0 Å². The van der Waals surface area contributed by atoms with E-state index in [-0.39, 0.29) is 0 Å². The minimum Gasteiger partial charge on any atom is -0.381 e. The van der Waals surface area contributed by atoms with Crippen LogP contribution in [0.3, 0.4) is 0 Å². The molecule has 0 bridgehead atoms. The number of aromatic nitrogens is 2. The van der Waals surface area contributed by atoms with Crippen LogP contribution in [0.25, 0.3) is 0 Å². The molecule has 0 amide bonds. The van der Waals surface area contributed by atoms with Gasteiger partial charge in [0.05, 0.1) is 16.1 Å². The zero-order valence-corrected chi connectivity index (χ0v) is 13.3. The largest absolute Gasteiger partial charge is 0.381 e. The topological polar surface area (TPSA) is 46.0 Å². The third kappa shape index (κ3) is 2.53. The fraction of sp³-hybridized carbons (Fsp3) is 0.111. The monoisotopic (exact) mass is 426 g/mol. The quantitative estimate of drug-likeness (QED) is 0.788. The van der Waals surface area contributed by atoms with E-state index in [4.69, 9.17) is 0 Å². The van der Waals surface area contributed by atoms with Gasteiger partial charge in [0.25, 0.3) is 0 Å². The highest BCUT2D eigenvalue weighted by atomic mass is 79.9. The van der Waals surface area contributed by atoms with E-state index >= 15 is 0 Å². The molecule has 16 heavy (non-hydrogen) atoms. The average Bonchev–Trinajstić information content (AvgIpc) is 2.63. The summed E-state index contributed by atoms with van der Waals surface area (Å²) in [6, 6.07) is 1.85. The first kappa shape index (κ1) is 12.6. The molecule has 2 aromatic rings. The maximum atomic E-state index is 10.2. The lowest BCUT2D eigenvalue weighted by atomic mass is 10.2. The molecule has 0 spiro atoms. The molecule has 2 aromatic heterocycles. The third-order valence-corrected chi connectivity index (χ3v) is 4.74. The SMILES string of the molecule is OC(c1ncc(Br)cc1Br)c1scnc1Br. The van der Waals surface area contributed by atoms with Crippen LogP contribution in [0.1, 0.15) is 16.7 Å². The number of halogens is 3. The summed E-state index contributed by atoms with van der Waals surface area (Å²) in [7, 11) is 0. The first-order valence-corrected chi connectivity index (χ1v) is 7.43. The lowest BCUT2D eigenvalue weighted by Crippen LogP contribution is -2.02. The molecule has 0 saturated carbocycles. The van der Waals surface area contributed by atoms with Crippen LogP contribution in [0.5, 0.6) is 0 Å². The molecule has 1 N–H and O–H groups in total. The van der Waals surface area contributed by atoms with Gasteiger partial charge in [-0.3, -0.25) is 4.98 Å². The summed E-state index contributed by atoms with van der Waals surface area (Å²) in [5, 5.41) is 10.2. The average molecular weight is 429 g/mol. The summed E-state index contributed by atoms with van der Waals surface area (Å²) >= 11 is 11.4. The van der Waals surface area contributed by atoms with Crippen LogP contribution in [0.15, 0.2) is 31.3 Å². The van der Waals surface area contributed by atoms with Gasteiger partial charge in [-0.15, -0.1) is 11.3 Å². The molecule has 0 radical (unpaired) electrons. The van der Waals surface area contributed by atoms with Gasteiger partial charge in [0.1, 0.15) is 10.7 Å². The zero-order chi connectivity index (χ0) is 11.7. The second-order valence-corrected chi connectivity index (χ2v) is 6.34. The Morgan fingerprint density at radius 1 is 1.25 bits per heavy atom. The van der Waals surface area contributed by atoms with Crippen molar-refractivity contribution in [3.8, 4) is 0 Å². The van der Waals surface area contributed by atoms with Crippen molar-refractivity contribution in [3.63, 3.8) is 0 Å². The molecular weight excluding hydrogens is 424 g/mol. The van der Waals surface area contributed by atoms with Gasteiger partial charge >= 0.3 is 0 Å². The molecular formula is C9H5Br3N2OS. The second-order valence-electron chi connectivity index (χ2n) is 2.93. The molecule has 0 saturated heterocycles. The first-order chi connectivity index (χ1) is 7.59. The normalized spacial score (nSPS) is 12.8. The maximum Gasteiger partial charge on any atom is 0.134 e. The fourth-order valence-corrected chi connectivity index (χ4v) is 3.77. The molecule has 0 fully saturated rings. The van der Waals surface area contributed by atoms with E-state index < -0.39 is 6.10 Å². The number of nitrogens with zero attached hydrogens (tertiary/aromatic N) is 2. The summed E-state index contributed by atoms with van der Waals surface area (Å²) in [4.78, 5) is 8.97. The highest BCUT2D eigenvalue weighted by molar-refractivity contribution is 9.11. The van der Waals surface area contributed by atoms with Crippen LogP contribution < -0.4 is 0 Å². The molecule has 1 atom stereocenters. The highest BCUT2D eigenvalue weighted by Gasteiger charge is 2.20. The van der Waals surface area contributed by atoms with Crippen molar-refractivity contribution in [1.82, 2.24) is 9.97 Å². The molecule has 2 heterocycles. The van der Waals surface area contributed by atoms with Crippen LogP contribution in [0, 0.1) is 0 Å². The summed E-state index contributed by atoms with van der Waals surface area (Å²) in [6.45, 7) is 0. The molecule has 2 rings (SSSR count). The van der Waals surface area contributed by atoms with Crippen molar-refractivity contribution < 1.29 is 5.11 Å². The van der Waals surface area contributed by atoms with Gasteiger partial charge < -0.3 is 5.11 Å². The first-order valence-electron chi connectivity index (χ1n) is 4.17. The lowest BCUT2D eigenvalue weighted by molar-refractivity contribution is 0.217. The van der Waals surface area contributed by atoms with Gasteiger partial charge in [-0.1, -0.05) is 0 Å². The predicted molar refractivity (Wildman–Crippen MR) is 73.5 cm³/mol. The predicted octanol–water partition coefficient (Wildman–Crippen LogP) is 3.91. The molecule has 0 aliphatic rings. The molecule has 0 aliphatic carbocycles. The van der Waals surface area contributed by atoms with Crippen molar-refractivity contribution in [3.05, 3.63) is 41.9 Å². The Morgan fingerprint density at radius 2 is 2.00 bits per heavy atom. The summed E-state index contributed by atoms with van der Waals surface area (Å²) in [6.07, 6.45) is 0.877. The number of rotatable bonds is 2. The molecule has 84 valence electrons. The number of aliphatic hydroxyl groups excluding tert-OH is 1. The number of thiazole rings is 1.